The molecule has 0 unspecified atom stereocenters. The van der Waals surface area contributed by atoms with Crippen molar-refractivity contribution in [2.75, 3.05) is 11.9 Å². The van der Waals surface area contributed by atoms with Gasteiger partial charge in [0.05, 0.1) is 23.5 Å². The predicted molar refractivity (Wildman–Crippen MR) is 120 cm³/mol. The van der Waals surface area contributed by atoms with E-state index in [9.17, 15) is 4.79 Å². The van der Waals surface area contributed by atoms with E-state index in [2.05, 4.69) is 65.6 Å². The van der Waals surface area contributed by atoms with Gasteiger partial charge in [-0.05, 0) is 46.7 Å². The van der Waals surface area contributed by atoms with E-state index < -0.39 is 0 Å². The van der Waals surface area contributed by atoms with E-state index in [1.807, 2.05) is 31.4 Å². The summed E-state index contributed by atoms with van der Waals surface area (Å²) in [5.41, 5.74) is 5.92. The molecule has 0 saturated heterocycles. The van der Waals surface area contributed by atoms with Gasteiger partial charge in [-0.3, -0.25) is 4.79 Å². The lowest BCUT2D eigenvalue weighted by atomic mass is 10.0. The van der Waals surface area contributed by atoms with Crippen LogP contribution >= 0.6 is 0 Å². The quantitative estimate of drug-likeness (QED) is 0.456. The minimum absolute atomic E-state index is 0.0375. The topological polar surface area (TPSA) is 36.4 Å². The van der Waals surface area contributed by atoms with Crippen molar-refractivity contribution in [2.24, 2.45) is 0 Å². The molecule has 6 rings (SSSR count). The largest absolute Gasteiger partial charge is 0.321 e. The van der Waals surface area contributed by atoms with Crippen LogP contribution in [0, 0.1) is 0 Å². The molecule has 30 heavy (non-hydrogen) atoms. The standard InChI is InChI=1S/C26H19N3O/c1-28-23-15-18-10-6-14-27-25(18)29(22-13-5-12-21(24(22)23)26(28)30)16-19-9-4-8-17-7-2-3-11-20(17)19/h2-15H,16H2,1H3. The van der Waals surface area contributed by atoms with E-state index in [0.29, 0.717) is 6.54 Å². The maximum atomic E-state index is 12.9. The van der Waals surface area contributed by atoms with Crippen molar-refractivity contribution in [1.82, 2.24) is 9.88 Å². The SMILES string of the molecule is CN1C(=O)c2cccc3c2C1=Cc1cccnc1N3Cc1cccc2ccccc12. The molecule has 2 aliphatic rings. The van der Waals surface area contributed by atoms with Gasteiger partial charge in [0, 0.05) is 24.4 Å². The first-order valence-electron chi connectivity index (χ1n) is 10.0. The molecule has 3 heterocycles. The zero-order valence-corrected chi connectivity index (χ0v) is 16.5. The third kappa shape index (κ3) is 2.34. The van der Waals surface area contributed by atoms with Crippen molar-refractivity contribution in [3.8, 4) is 0 Å². The van der Waals surface area contributed by atoms with Crippen LogP contribution in [0.5, 0.6) is 0 Å². The summed E-state index contributed by atoms with van der Waals surface area (Å²) in [6, 6.07) is 24.8. The summed E-state index contributed by atoms with van der Waals surface area (Å²) in [7, 11) is 1.84. The molecule has 0 fully saturated rings. The van der Waals surface area contributed by atoms with Crippen molar-refractivity contribution in [1.29, 1.82) is 0 Å². The van der Waals surface area contributed by atoms with E-state index in [-0.39, 0.29) is 5.91 Å². The maximum Gasteiger partial charge on any atom is 0.258 e. The van der Waals surface area contributed by atoms with Crippen LogP contribution in [-0.4, -0.2) is 22.8 Å². The number of rotatable bonds is 2. The van der Waals surface area contributed by atoms with Crippen LogP contribution in [-0.2, 0) is 6.54 Å². The fraction of sp³-hybridized carbons (Fsp3) is 0.0769. The van der Waals surface area contributed by atoms with Crippen molar-refractivity contribution in [3.05, 3.63) is 101 Å². The second-order valence-corrected chi connectivity index (χ2v) is 7.73. The summed E-state index contributed by atoms with van der Waals surface area (Å²) >= 11 is 0. The third-order valence-electron chi connectivity index (χ3n) is 6.06. The van der Waals surface area contributed by atoms with Gasteiger partial charge in [-0.2, -0.15) is 0 Å². The highest BCUT2D eigenvalue weighted by Crippen LogP contribution is 2.45. The molecular weight excluding hydrogens is 370 g/mol. The maximum absolute atomic E-state index is 12.9. The zero-order valence-electron chi connectivity index (χ0n) is 16.5. The Morgan fingerprint density at radius 3 is 2.67 bits per heavy atom. The van der Waals surface area contributed by atoms with Gasteiger partial charge < -0.3 is 9.80 Å². The number of amides is 1. The molecule has 0 N–H and O–H groups in total. The number of hydrogen-bond donors (Lipinski definition) is 0. The molecular formula is C26H19N3O. The van der Waals surface area contributed by atoms with E-state index in [1.54, 1.807) is 4.90 Å². The molecule has 0 saturated carbocycles. The number of pyridine rings is 1. The number of hydrogen-bond acceptors (Lipinski definition) is 3. The van der Waals surface area contributed by atoms with Gasteiger partial charge in [0.15, 0.2) is 0 Å². The van der Waals surface area contributed by atoms with Crippen LogP contribution in [0.1, 0.15) is 27.0 Å². The van der Waals surface area contributed by atoms with Crippen LogP contribution in [0.15, 0.2) is 79.0 Å². The molecule has 3 aromatic carbocycles. The molecule has 0 spiro atoms. The molecule has 4 aromatic rings. The Bertz CT molecular complexity index is 1370. The van der Waals surface area contributed by atoms with Crippen LogP contribution in [0.25, 0.3) is 22.5 Å². The first-order chi connectivity index (χ1) is 14.7. The second kappa shape index (κ2) is 6.29. The average molecular weight is 389 g/mol. The number of benzene rings is 3. The predicted octanol–water partition coefficient (Wildman–Crippen LogP) is 5.47. The highest BCUT2D eigenvalue weighted by atomic mass is 16.2. The van der Waals surface area contributed by atoms with Crippen molar-refractivity contribution in [3.63, 3.8) is 0 Å². The summed E-state index contributed by atoms with van der Waals surface area (Å²) in [6.45, 7) is 0.668. The van der Waals surface area contributed by atoms with Crippen LogP contribution in [0.2, 0.25) is 0 Å². The molecule has 2 aliphatic heterocycles. The Labute approximate surface area is 174 Å². The first-order valence-corrected chi connectivity index (χ1v) is 10.0. The summed E-state index contributed by atoms with van der Waals surface area (Å²) in [5, 5.41) is 2.45. The van der Waals surface area contributed by atoms with E-state index in [0.717, 1.165) is 33.9 Å². The van der Waals surface area contributed by atoms with Gasteiger partial charge in [0.25, 0.3) is 5.91 Å². The van der Waals surface area contributed by atoms with Crippen molar-refractivity contribution in [2.45, 2.75) is 6.54 Å². The van der Waals surface area contributed by atoms with Crippen molar-refractivity contribution < 1.29 is 4.79 Å². The second-order valence-electron chi connectivity index (χ2n) is 7.73. The number of fused-ring (bicyclic) bond motifs is 2. The summed E-state index contributed by atoms with van der Waals surface area (Å²) in [4.78, 5) is 21.6. The molecule has 144 valence electrons. The van der Waals surface area contributed by atoms with Crippen LogP contribution in [0.4, 0.5) is 11.5 Å². The summed E-state index contributed by atoms with van der Waals surface area (Å²) < 4.78 is 0. The summed E-state index contributed by atoms with van der Waals surface area (Å²) in [5.74, 6) is 0.942. The Kier molecular flexibility index (Phi) is 3.56. The average Bonchev–Trinajstić information content (AvgIpc) is 2.94. The zero-order chi connectivity index (χ0) is 20.2. The van der Waals surface area contributed by atoms with Gasteiger partial charge in [-0.25, -0.2) is 4.98 Å². The lowest BCUT2D eigenvalue weighted by molar-refractivity contribution is 0.0875. The molecule has 0 radical (unpaired) electrons. The first kappa shape index (κ1) is 17.0. The Morgan fingerprint density at radius 2 is 1.73 bits per heavy atom. The fourth-order valence-electron chi connectivity index (χ4n) is 4.61. The number of anilines is 2. The normalized spacial score (nSPS) is 14.4. The molecule has 0 atom stereocenters. The van der Waals surface area contributed by atoms with Gasteiger partial charge in [0.1, 0.15) is 5.82 Å². The van der Waals surface area contributed by atoms with E-state index >= 15 is 0 Å². The number of carbonyl (C=O) groups is 1. The van der Waals surface area contributed by atoms with Crippen LogP contribution < -0.4 is 4.90 Å². The van der Waals surface area contributed by atoms with E-state index in [4.69, 9.17) is 4.98 Å². The van der Waals surface area contributed by atoms with Gasteiger partial charge in [0.2, 0.25) is 0 Å². The smallest absolute Gasteiger partial charge is 0.258 e. The molecule has 4 heteroatoms. The van der Waals surface area contributed by atoms with Crippen LogP contribution in [0.3, 0.4) is 0 Å². The Hall–Kier alpha value is -3.92. The molecule has 4 nitrogen and oxygen atoms in total. The Morgan fingerprint density at radius 1 is 0.900 bits per heavy atom. The lowest BCUT2D eigenvalue weighted by Gasteiger charge is -2.26. The number of aromatic nitrogens is 1. The van der Waals surface area contributed by atoms with Crippen molar-refractivity contribution >= 4 is 40.0 Å². The summed E-state index contributed by atoms with van der Waals surface area (Å²) in [6.07, 6.45) is 3.91. The minimum Gasteiger partial charge on any atom is -0.321 e. The third-order valence-corrected chi connectivity index (χ3v) is 6.06. The van der Waals surface area contributed by atoms with Gasteiger partial charge in [-0.1, -0.05) is 48.5 Å². The molecule has 0 aliphatic carbocycles. The Balaban J connectivity index is 1.60. The number of carbonyl (C=O) groups excluding carboxylic acids is 1. The highest BCUT2D eigenvalue weighted by molar-refractivity contribution is 6.15. The van der Waals surface area contributed by atoms with Gasteiger partial charge >= 0.3 is 0 Å². The lowest BCUT2D eigenvalue weighted by Crippen LogP contribution is -2.19. The molecule has 0 bridgehead atoms. The van der Waals surface area contributed by atoms with Gasteiger partial charge in [-0.15, -0.1) is 0 Å². The molecule has 1 aromatic heterocycles. The monoisotopic (exact) mass is 389 g/mol. The fourth-order valence-corrected chi connectivity index (χ4v) is 4.61. The van der Waals surface area contributed by atoms with E-state index in [1.165, 1.54) is 16.3 Å². The number of nitrogens with zero attached hydrogens (tertiary/aromatic N) is 3. The minimum atomic E-state index is 0.0375. The molecule has 1 amide bonds. The highest BCUT2D eigenvalue weighted by Gasteiger charge is 2.35.